The van der Waals surface area contributed by atoms with E-state index >= 15 is 0 Å². The largest absolute Gasteiger partial charge is 0.380 e. The highest BCUT2D eigenvalue weighted by Gasteiger charge is 2.26. The first-order valence-corrected chi connectivity index (χ1v) is 7.60. The molecule has 1 rings (SSSR count). The van der Waals surface area contributed by atoms with Crippen LogP contribution in [-0.2, 0) is 4.74 Å². The highest BCUT2D eigenvalue weighted by molar-refractivity contribution is 4.85. The third kappa shape index (κ3) is 7.05. The van der Waals surface area contributed by atoms with E-state index in [1.165, 1.54) is 57.8 Å². The molecule has 0 spiro atoms. The summed E-state index contributed by atoms with van der Waals surface area (Å²) >= 11 is 0. The van der Waals surface area contributed by atoms with Gasteiger partial charge < -0.3 is 10.1 Å². The summed E-state index contributed by atoms with van der Waals surface area (Å²) in [5.74, 6) is 0. The molecule has 1 fully saturated rings. The molecule has 0 aromatic heterocycles. The van der Waals surface area contributed by atoms with Crippen LogP contribution in [0.25, 0.3) is 0 Å². The smallest absolute Gasteiger partial charge is 0.0645 e. The fourth-order valence-electron chi connectivity index (χ4n) is 2.55. The molecular weight excluding hydrogens is 210 g/mol. The van der Waals surface area contributed by atoms with E-state index in [0.717, 1.165) is 19.8 Å². The molecule has 1 saturated heterocycles. The van der Waals surface area contributed by atoms with Crippen molar-refractivity contribution in [1.82, 2.24) is 5.32 Å². The number of hydrogen-bond acceptors (Lipinski definition) is 2. The molecule has 2 nitrogen and oxygen atoms in total. The molecule has 2 heteroatoms. The molecule has 0 aromatic rings. The second-order valence-electron chi connectivity index (χ2n) is 5.76. The van der Waals surface area contributed by atoms with Crippen molar-refractivity contribution in [2.24, 2.45) is 0 Å². The van der Waals surface area contributed by atoms with E-state index in [9.17, 15) is 0 Å². The second-order valence-corrected chi connectivity index (χ2v) is 5.76. The Morgan fingerprint density at radius 3 is 2.41 bits per heavy atom. The van der Waals surface area contributed by atoms with Crippen LogP contribution in [0.2, 0.25) is 0 Å². The molecular formula is C15H31NO. The van der Waals surface area contributed by atoms with E-state index in [2.05, 4.69) is 19.2 Å². The lowest BCUT2D eigenvalue weighted by molar-refractivity contribution is 0.0286. The molecule has 1 aliphatic heterocycles. The summed E-state index contributed by atoms with van der Waals surface area (Å²) in [5, 5.41) is 3.68. The summed E-state index contributed by atoms with van der Waals surface area (Å²) < 4.78 is 5.55. The lowest BCUT2D eigenvalue weighted by Crippen LogP contribution is -2.49. The molecule has 1 N–H and O–H groups in total. The van der Waals surface area contributed by atoms with Crippen LogP contribution in [0.4, 0.5) is 0 Å². The zero-order valence-electron chi connectivity index (χ0n) is 11.9. The maximum Gasteiger partial charge on any atom is 0.0645 e. The van der Waals surface area contributed by atoms with Gasteiger partial charge in [0.2, 0.25) is 0 Å². The van der Waals surface area contributed by atoms with Gasteiger partial charge in [-0.2, -0.15) is 0 Å². The Bertz CT molecular complexity index is 176. The highest BCUT2D eigenvalue weighted by Crippen LogP contribution is 2.18. The molecule has 17 heavy (non-hydrogen) atoms. The Morgan fingerprint density at radius 1 is 1.06 bits per heavy atom. The highest BCUT2D eigenvalue weighted by atomic mass is 16.5. The van der Waals surface area contributed by atoms with Gasteiger partial charge >= 0.3 is 0 Å². The quantitative estimate of drug-likeness (QED) is 0.618. The second kappa shape index (κ2) is 8.93. The SMILES string of the molecule is CCCCCCCCCNC1(C)CCCOC1. The Hall–Kier alpha value is -0.0800. The number of hydrogen-bond donors (Lipinski definition) is 1. The summed E-state index contributed by atoms with van der Waals surface area (Å²) in [7, 11) is 0. The van der Waals surface area contributed by atoms with Gasteiger partial charge in [0.25, 0.3) is 0 Å². The molecule has 0 amide bonds. The Balaban J connectivity index is 1.89. The summed E-state index contributed by atoms with van der Waals surface area (Å²) in [6.45, 7) is 7.58. The van der Waals surface area contributed by atoms with Crippen LogP contribution in [0.15, 0.2) is 0 Å². The topological polar surface area (TPSA) is 21.3 Å². The maximum absolute atomic E-state index is 5.55. The van der Waals surface area contributed by atoms with Crippen molar-refractivity contribution in [1.29, 1.82) is 0 Å². The molecule has 1 aliphatic rings. The van der Waals surface area contributed by atoms with Gasteiger partial charge in [0.05, 0.1) is 6.61 Å². The predicted molar refractivity (Wildman–Crippen MR) is 74.5 cm³/mol. The third-order valence-electron chi connectivity index (χ3n) is 3.77. The van der Waals surface area contributed by atoms with Crippen molar-refractivity contribution in [3.05, 3.63) is 0 Å². The van der Waals surface area contributed by atoms with Crippen molar-refractivity contribution in [2.45, 2.75) is 77.2 Å². The summed E-state index contributed by atoms with van der Waals surface area (Å²) in [6, 6.07) is 0. The maximum atomic E-state index is 5.55. The van der Waals surface area contributed by atoms with Crippen molar-refractivity contribution in [3.8, 4) is 0 Å². The molecule has 0 radical (unpaired) electrons. The van der Waals surface area contributed by atoms with Gasteiger partial charge in [-0.05, 0) is 32.7 Å². The van der Waals surface area contributed by atoms with E-state index in [1.807, 2.05) is 0 Å². The Kier molecular flexibility index (Phi) is 7.87. The lowest BCUT2D eigenvalue weighted by Gasteiger charge is -2.34. The summed E-state index contributed by atoms with van der Waals surface area (Å²) in [4.78, 5) is 0. The molecule has 0 bridgehead atoms. The summed E-state index contributed by atoms with van der Waals surface area (Å²) in [5.41, 5.74) is 0.250. The Labute approximate surface area is 108 Å². The first kappa shape index (κ1) is 15.0. The van der Waals surface area contributed by atoms with Gasteiger partial charge in [0.1, 0.15) is 0 Å². The molecule has 0 aliphatic carbocycles. The lowest BCUT2D eigenvalue weighted by atomic mass is 9.95. The zero-order chi connectivity index (χ0) is 12.4. The van der Waals surface area contributed by atoms with E-state index in [1.54, 1.807) is 0 Å². The van der Waals surface area contributed by atoms with E-state index < -0.39 is 0 Å². The van der Waals surface area contributed by atoms with Crippen LogP contribution in [-0.4, -0.2) is 25.3 Å². The van der Waals surface area contributed by atoms with Crippen LogP contribution in [0.1, 0.15) is 71.6 Å². The number of unbranched alkanes of at least 4 members (excludes halogenated alkanes) is 6. The standard InChI is InChI=1S/C15H31NO/c1-3-4-5-6-7-8-9-12-16-15(2)11-10-13-17-14-15/h16H,3-14H2,1-2H3. The fourth-order valence-corrected chi connectivity index (χ4v) is 2.55. The number of rotatable bonds is 9. The van der Waals surface area contributed by atoms with Crippen molar-refractivity contribution >= 4 is 0 Å². The van der Waals surface area contributed by atoms with Gasteiger partial charge in [0, 0.05) is 12.1 Å². The number of nitrogens with one attached hydrogen (secondary N) is 1. The van der Waals surface area contributed by atoms with E-state index in [4.69, 9.17) is 4.74 Å². The first-order valence-electron chi connectivity index (χ1n) is 7.60. The van der Waals surface area contributed by atoms with Crippen LogP contribution < -0.4 is 5.32 Å². The minimum atomic E-state index is 0.250. The summed E-state index contributed by atoms with van der Waals surface area (Å²) in [6.07, 6.45) is 12.2. The van der Waals surface area contributed by atoms with Crippen LogP contribution >= 0.6 is 0 Å². The van der Waals surface area contributed by atoms with Gasteiger partial charge in [-0.15, -0.1) is 0 Å². The van der Waals surface area contributed by atoms with Gasteiger partial charge in [-0.3, -0.25) is 0 Å². The monoisotopic (exact) mass is 241 g/mol. The van der Waals surface area contributed by atoms with Gasteiger partial charge in [-0.1, -0.05) is 45.4 Å². The third-order valence-corrected chi connectivity index (χ3v) is 3.77. The average molecular weight is 241 g/mol. The van der Waals surface area contributed by atoms with Crippen molar-refractivity contribution < 1.29 is 4.74 Å². The van der Waals surface area contributed by atoms with Gasteiger partial charge in [-0.25, -0.2) is 0 Å². The zero-order valence-corrected chi connectivity index (χ0v) is 11.9. The average Bonchev–Trinajstić information content (AvgIpc) is 2.33. The fraction of sp³-hybridized carbons (Fsp3) is 1.00. The van der Waals surface area contributed by atoms with Crippen molar-refractivity contribution in [2.75, 3.05) is 19.8 Å². The number of ether oxygens (including phenoxy) is 1. The molecule has 1 atom stereocenters. The normalized spacial score (nSPS) is 25.1. The predicted octanol–water partition coefficient (Wildman–Crippen LogP) is 3.90. The van der Waals surface area contributed by atoms with Crippen molar-refractivity contribution in [3.63, 3.8) is 0 Å². The minimum Gasteiger partial charge on any atom is -0.380 e. The van der Waals surface area contributed by atoms with E-state index in [0.29, 0.717) is 0 Å². The van der Waals surface area contributed by atoms with Crippen LogP contribution in [0.5, 0.6) is 0 Å². The Morgan fingerprint density at radius 2 is 1.76 bits per heavy atom. The van der Waals surface area contributed by atoms with Crippen LogP contribution in [0.3, 0.4) is 0 Å². The van der Waals surface area contributed by atoms with Gasteiger partial charge in [0.15, 0.2) is 0 Å². The van der Waals surface area contributed by atoms with Crippen LogP contribution in [0, 0.1) is 0 Å². The molecule has 102 valence electrons. The first-order chi connectivity index (χ1) is 8.27. The minimum absolute atomic E-state index is 0.250. The molecule has 0 aromatic carbocycles. The molecule has 0 saturated carbocycles. The molecule has 1 heterocycles. The van der Waals surface area contributed by atoms with E-state index in [-0.39, 0.29) is 5.54 Å². The molecule has 1 unspecified atom stereocenters.